The molecule has 0 aliphatic heterocycles. The van der Waals surface area contributed by atoms with Gasteiger partial charge in [-0.15, -0.1) is 0 Å². The molecule has 25 heavy (non-hydrogen) atoms. The lowest BCUT2D eigenvalue weighted by molar-refractivity contribution is 0.171. The van der Waals surface area contributed by atoms with Gasteiger partial charge in [-0.25, -0.2) is 4.79 Å². The van der Waals surface area contributed by atoms with Gasteiger partial charge in [0.05, 0.1) is 12.1 Å². The number of rotatable bonds is 8. The van der Waals surface area contributed by atoms with E-state index in [9.17, 15) is 9.90 Å². The molecule has 5 heteroatoms. The number of aliphatic hydroxyl groups excluding tert-OH is 2. The molecule has 0 spiro atoms. The van der Waals surface area contributed by atoms with Crippen molar-refractivity contribution in [1.29, 1.82) is 0 Å². The summed E-state index contributed by atoms with van der Waals surface area (Å²) >= 11 is 0. The number of carbonyl (C=O) groups excluding carboxylic acids is 1. The van der Waals surface area contributed by atoms with Crippen LogP contribution in [0.2, 0.25) is 0 Å². The van der Waals surface area contributed by atoms with Crippen molar-refractivity contribution in [1.82, 2.24) is 10.6 Å². The van der Waals surface area contributed by atoms with Crippen molar-refractivity contribution >= 4 is 6.03 Å². The Kier molecular flexibility index (Phi) is 7.44. The third-order valence-corrected chi connectivity index (χ3v) is 4.16. The molecule has 0 fully saturated rings. The first-order chi connectivity index (χ1) is 12.1. The Morgan fingerprint density at radius 1 is 1.08 bits per heavy atom. The molecular formula is C20H26N2O3. The number of aliphatic hydroxyl groups is 2. The Hall–Kier alpha value is -2.37. The zero-order valence-corrected chi connectivity index (χ0v) is 14.5. The molecule has 0 aliphatic rings. The first kappa shape index (κ1) is 19.0. The molecule has 2 aromatic rings. The van der Waals surface area contributed by atoms with Crippen molar-refractivity contribution in [3.05, 3.63) is 71.3 Å². The van der Waals surface area contributed by atoms with Crippen molar-refractivity contribution in [2.75, 3.05) is 13.2 Å². The predicted molar refractivity (Wildman–Crippen MR) is 98.2 cm³/mol. The summed E-state index contributed by atoms with van der Waals surface area (Å²) in [4.78, 5) is 12.2. The van der Waals surface area contributed by atoms with Crippen LogP contribution >= 0.6 is 0 Å². The summed E-state index contributed by atoms with van der Waals surface area (Å²) in [5.74, 6) is 0. The van der Waals surface area contributed by atoms with Crippen molar-refractivity contribution in [3.63, 3.8) is 0 Å². The molecule has 5 nitrogen and oxygen atoms in total. The van der Waals surface area contributed by atoms with Crippen LogP contribution in [-0.2, 0) is 0 Å². The topological polar surface area (TPSA) is 81.6 Å². The number of hydrogen-bond acceptors (Lipinski definition) is 3. The molecule has 2 aromatic carbocycles. The normalized spacial score (nSPS) is 13.1. The van der Waals surface area contributed by atoms with E-state index in [4.69, 9.17) is 5.11 Å². The van der Waals surface area contributed by atoms with Gasteiger partial charge in [0.15, 0.2) is 0 Å². The highest BCUT2D eigenvalue weighted by Gasteiger charge is 2.16. The Bertz CT molecular complexity index is 661. The molecular weight excluding hydrogens is 316 g/mol. The molecule has 0 saturated carbocycles. The van der Waals surface area contributed by atoms with Gasteiger partial charge in [0.1, 0.15) is 0 Å². The summed E-state index contributed by atoms with van der Waals surface area (Å²) in [5.41, 5.74) is 2.79. The van der Waals surface area contributed by atoms with Crippen LogP contribution in [0.15, 0.2) is 54.6 Å². The van der Waals surface area contributed by atoms with Gasteiger partial charge in [-0.05, 0) is 36.5 Å². The van der Waals surface area contributed by atoms with Crippen LogP contribution < -0.4 is 10.6 Å². The Morgan fingerprint density at radius 3 is 2.44 bits per heavy atom. The quantitative estimate of drug-likeness (QED) is 0.595. The van der Waals surface area contributed by atoms with E-state index < -0.39 is 6.10 Å². The maximum absolute atomic E-state index is 12.2. The molecule has 2 atom stereocenters. The van der Waals surface area contributed by atoms with Crippen LogP contribution in [0.5, 0.6) is 0 Å². The van der Waals surface area contributed by atoms with Crippen LogP contribution in [-0.4, -0.2) is 29.4 Å². The average Bonchev–Trinajstić information content (AvgIpc) is 2.64. The molecule has 0 aromatic heterocycles. The van der Waals surface area contributed by atoms with Crippen LogP contribution in [0.3, 0.4) is 0 Å². The fraction of sp³-hybridized carbons (Fsp3) is 0.350. The molecule has 0 heterocycles. The third-order valence-electron chi connectivity index (χ3n) is 4.16. The minimum absolute atomic E-state index is 0.0820. The zero-order chi connectivity index (χ0) is 18.1. The largest absolute Gasteiger partial charge is 0.396 e. The molecule has 4 N–H and O–H groups in total. The van der Waals surface area contributed by atoms with Crippen LogP contribution in [0.25, 0.3) is 0 Å². The molecule has 134 valence electrons. The van der Waals surface area contributed by atoms with Gasteiger partial charge in [-0.2, -0.15) is 0 Å². The van der Waals surface area contributed by atoms with E-state index in [-0.39, 0.29) is 25.2 Å². The second-order valence-corrected chi connectivity index (χ2v) is 6.06. The summed E-state index contributed by atoms with van der Waals surface area (Å²) in [6, 6.07) is 16.7. The number of nitrogens with one attached hydrogen (secondary N) is 2. The van der Waals surface area contributed by atoms with Crippen molar-refractivity contribution in [2.24, 2.45) is 0 Å². The highest BCUT2D eigenvalue weighted by Crippen LogP contribution is 2.18. The number of carbonyl (C=O) groups is 1. The Morgan fingerprint density at radius 2 is 1.76 bits per heavy atom. The maximum Gasteiger partial charge on any atom is 0.315 e. The lowest BCUT2D eigenvalue weighted by atomic mass is 10.0. The first-order valence-electron chi connectivity index (χ1n) is 8.55. The van der Waals surface area contributed by atoms with E-state index in [1.165, 1.54) is 0 Å². The van der Waals surface area contributed by atoms with Gasteiger partial charge >= 0.3 is 6.03 Å². The predicted octanol–water partition coefficient (Wildman–Crippen LogP) is 2.84. The lowest BCUT2D eigenvalue weighted by Gasteiger charge is -2.20. The van der Waals surface area contributed by atoms with Crippen LogP contribution in [0.4, 0.5) is 4.79 Å². The minimum Gasteiger partial charge on any atom is -0.396 e. The average molecular weight is 342 g/mol. The van der Waals surface area contributed by atoms with E-state index in [0.29, 0.717) is 12.8 Å². The molecule has 2 amide bonds. The highest BCUT2D eigenvalue weighted by atomic mass is 16.3. The van der Waals surface area contributed by atoms with Crippen LogP contribution in [0, 0.1) is 6.92 Å². The molecule has 0 bridgehead atoms. The zero-order valence-electron chi connectivity index (χ0n) is 14.5. The first-order valence-corrected chi connectivity index (χ1v) is 8.55. The summed E-state index contributed by atoms with van der Waals surface area (Å²) < 4.78 is 0. The monoisotopic (exact) mass is 342 g/mol. The third kappa shape index (κ3) is 5.89. The van der Waals surface area contributed by atoms with E-state index in [0.717, 1.165) is 16.7 Å². The summed E-state index contributed by atoms with van der Waals surface area (Å²) in [6.07, 6.45) is 0.500. The van der Waals surface area contributed by atoms with E-state index in [1.54, 1.807) is 0 Å². The van der Waals surface area contributed by atoms with Gasteiger partial charge in [0, 0.05) is 13.2 Å². The lowest BCUT2D eigenvalue weighted by Crippen LogP contribution is -2.40. The molecule has 0 radical (unpaired) electrons. The van der Waals surface area contributed by atoms with Crippen molar-refractivity contribution in [2.45, 2.75) is 31.9 Å². The highest BCUT2D eigenvalue weighted by molar-refractivity contribution is 5.74. The number of amides is 2. The molecule has 2 unspecified atom stereocenters. The van der Waals surface area contributed by atoms with Crippen molar-refractivity contribution in [3.8, 4) is 0 Å². The van der Waals surface area contributed by atoms with E-state index in [2.05, 4.69) is 10.6 Å². The number of aryl methyl sites for hydroxylation is 1. The van der Waals surface area contributed by atoms with Gasteiger partial charge in [-0.1, -0.05) is 54.6 Å². The van der Waals surface area contributed by atoms with Gasteiger partial charge in [0.25, 0.3) is 0 Å². The van der Waals surface area contributed by atoms with Gasteiger partial charge < -0.3 is 20.8 Å². The number of benzene rings is 2. The minimum atomic E-state index is -0.750. The molecule has 0 saturated heterocycles. The maximum atomic E-state index is 12.2. The van der Waals surface area contributed by atoms with Crippen molar-refractivity contribution < 1.29 is 15.0 Å². The second kappa shape index (κ2) is 9.81. The van der Waals surface area contributed by atoms with E-state index in [1.807, 2.05) is 61.5 Å². The smallest absolute Gasteiger partial charge is 0.315 e. The second-order valence-electron chi connectivity index (χ2n) is 6.06. The van der Waals surface area contributed by atoms with Crippen LogP contribution in [0.1, 0.15) is 41.7 Å². The summed E-state index contributed by atoms with van der Waals surface area (Å²) in [7, 11) is 0. The number of urea groups is 1. The summed E-state index contributed by atoms with van der Waals surface area (Å²) in [5, 5.41) is 25.0. The fourth-order valence-corrected chi connectivity index (χ4v) is 2.77. The Labute approximate surface area is 148 Å². The SMILES string of the molecule is Cc1ccccc1C(O)CNC(=O)NC(CCCO)c1ccccc1. The van der Waals surface area contributed by atoms with E-state index >= 15 is 0 Å². The standard InChI is InChI=1S/C20H26N2O3/c1-15-8-5-6-11-17(15)19(24)14-21-20(25)22-18(12-7-13-23)16-9-3-2-4-10-16/h2-6,8-11,18-19,23-24H,7,12-14H2,1H3,(H2,21,22,25). The Balaban J connectivity index is 1.91. The van der Waals surface area contributed by atoms with Gasteiger partial charge in [-0.3, -0.25) is 0 Å². The van der Waals surface area contributed by atoms with Gasteiger partial charge in [0.2, 0.25) is 0 Å². The molecule has 2 rings (SSSR count). The summed E-state index contributed by atoms with van der Waals surface area (Å²) in [6.45, 7) is 2.15. The molecule has 0 aliphatic carbocycles. The fourth-order valence-electron chi connectivity index (χ4n) is 2.77. The number of hydrogen-bond donors (Lipinski definition) is 4.